The lowest BCUT2D eigenvalue weighted by atomic mass is 9.78. The number of anilines is 1. The van der Waals surface area contributed by atoms with E-state index in [2.05, 4.69) is 19.2 Å². The number of rotatable bonds is 6. The number of carbonyl (C=O) groups excluding carboxylic acids is 2. The summed E-state index contributed by atoms with van der Waals surface area (Å²) in [7, 11) is -3.82. The maximum atomic E-state index is 13.2. The number of para-hydroxylation sites is 1. The Morgan fingerprint density at radius 3 is 2.70 bits per heavy atom. The van der Waals surface area contributed by atoms with Gasteiger partial charge in [0.1, 0.15) is 0 Å². The summed E-state index contributed by atoms with van der Waals surface area (Å²) in [6.45, 7) is 4.28. The van der Waals surface area contributed by atoms with Gasteiger partial charge >= 0.3 is 5.97 Å². The zero-order chi connectivity index (χ0) is 23.6. The Labute approximate surface area is 195 Å². The molecule has 1 amide bonds. The highest BCUT2D eigenvalue weighted by atomic mass is 32.2. The van der Waals surface area contributed by atoms with Crippen molar-refractivity contribution in [1.82, 2.24) is 5.32 Å². The minimum atomic E-state index is -3.82. The lowest BCUT2D eigenvalue weighted by molar-refractivity contribution is -0.125. The number of fused-ring (bicyclic) bond motifs is 1. The van der Waals surface area contributed by atoms with Gasteiger partial charge in [-0.2, -0.15) is 0 Å². The summed E-state index contributed by atoms with van der Waals surface area (Å²) in [6, 6.07) is 13.2. The lowest BCUT2D eigenvalue weighted by Gasteiger charge is -2.34. The molecule has 0 radical (unpaired) electrons. The van der Waals surface area contributed by atoms with E-state index >= 15 is 0 Å². The fourth-order valence-electron chi connectivity index (χ4n) is 4.72. The first-order chi connectivity index (χ1) is 15.8. The van der Waals surface area contributed by atoms with Crippen LogP contribution in [0.15, 0.2) is 53.4 Å². The maximum absolute atomic E-state index is 13.2. The van der Waals surface area contributed by atoms with Gasteiger partial charge in [0.05, 0.1) is 16.1 Å². The Balaban J connectivity index is 1.40. The molecule has 2 aromatic rings. The van der Waals surface area contributed by atoms with Crippen molar-refractivity contribution in [2.24, 2.45) is 11.8 Å². The number of esters is 1. The highest BCUT2D eigenvalue weighted by Gasteiger charge is 2.31. The van der Waals surface area contributed by atoms with Crippen molar-refractivity contribution in [3.63, 3.8) is 0 Å². The average molecular weight is 471 g/mol. The van der Waals surface area contributed by atoms with E-state index in [-0.39, 0.29) is 22.4 Å². The van der Waals surface area contributed by atoms with Crippen LogP contribution in [0.2, 0.25) is 0 Å². The third-order valence-electron chi connectivity index (χ3n) is 6.89. The molecule has 3 atom stereocenters. The maximum Gasteiger partial charge on any atom is 0.338 e. The molecule has 0 aromatic heterocycles. The van der Waals surface area contributed by atoms with Gasteiger partial charge in [-0.3, -0.25) is 9.10 Å². The van der Waals surface area contributed by atoms with E-state index in [1.165, 1.54) is 28.6 Å². The van der Waals surface area contributed by atoms with Gasteiger partial charge in [-0.05, 0) is 54.5 Å². The summed E-state index contributed by atoms with van der Waals surface area (Å²) >= 11 is 0. The van der Waals surface area contributed by atoms with Gasteiger partial charge in [0.2, 0.25) is 0 Å². The van der Waals surface area contributed by atoms with Gasteiger partial charge in [-0.1, -0.05) is 51.0 Å². The highest BCUT2D eigenvalue weighted by molar-refractivity contribution is 7.92. The predicted octanol–water partition coefficient (Wildman–Crippen LogP) is 3.54. The average Bonchev–Trinajstić information content (AvgIpc) is 3.26. The van der Waals surface area contributed by atoms with Crippen molar-refractivity contribution >= 4 is 27.6 Å². The monoisotopic (exact) mass is 470 g/mol. The zero-order valence-corrected chi connectivity index (χ0v) is 19.8. The Morgan fingerprint density at radius 1 is 1.09 bits per heavy atom. The summed E-state index contributed by atoms with van der Waals surface area (Å²) in [6.07, 6.45) is 3.79. The summed E-state index contributed by atoms with van der Waals surface area (Å²) in [4.78, 5) is 24.9. The standard InChI is InChI=1S/C25H30N2O5S/c1-17-7-5-11-22(18(17)2)26-24(28)16-32-25(29)20-9-6-10-21(15-20)33(30,31)27-14-13-19-8-3-4-12-23(19)27/h3-4,6,8-10,12,15,17-18,22H,5,7,11,13-14,16H2,1-2H3,(H,26,28)/t17-,18-,22+/m1/s1. The number of hydrogen-bond donors (Lipinski definition) is 1. The third-order valence-corrected chi connectivity index (χ3v) is 8.70. The van der Waals surface area contributed by atoms with Crippen LogP contribution in [-0.4, -0.2) is 39.5 Å². The molecule has 1 fully saturated rings. The second-order valence-electron chi connectivity index (χ2n) is 9.00. The summed E-state index contributed by atoms with van der Waals surface area (Å²) in [5.74, 6) is -0.157. The quantitative estimate of drug-likeness (QED) is 0.652. The molecule has 4 rings (SSSR count). The van der Waals surface area contributed by atoms with E-state index < -0.39 is 22.6 Å². The van der Waals surface area contributed by atoms with Crippen LogP contribution in [0.25, 0.3) is 0 Å². The zero-order valence-electron chi connectivity index (χ0n) is 19.0. The van der Waals surface area contributed by atoms with Crippen molar-refractivity contribution in [3.05, 3.63) is 59.7 Å². The largest absolute Gasteiger partial charge is 0.452 e. The summed E-state index contributed by atoms with van der Waals surface area (Å²) < 4.78 is 33.0. The molecule has 1 N–H and O–H groups in total. The summed E-state index contributed by atoms with van der Waals surface area (Å²) in [5.41, 5.74) is 1.73. The number of carbonyl (C=O) groups is 2. The Bertz CT molecular complexity index is 1150. The minimum Gasteiger partial charge on any atom is -0.452 e. The molecular weight excluding hydrogens is 440 g/mol. The van der Waals surface area contributed by atoms with Crippen LogP contribution in [0.3, 0.4) is 0 Å². The van der Waals surface area contributed by atoms with Crippen molar-refractivity contribution in [3.8, 4) is 0 Å². The normalized spacial score (nSPS) is 22.5. The van der Waals surface area contributed by atoms with Crippen LogP contribution in [0.5, 0.6) is 0 Å². The molecule has 8 heteroatoms. The van der Waals surface area contributed by atoms with Gasteiger partial charge in [0.15, 0.2) is 6.61 Å². The molecule has 2 aromatic carbocycles. The first-order valence-corrected chi connectivity index (χ1v) is 12.9. The van der Waals surface area contributed by atoms with Crippen molar-refractivity contribution in [2.45, 2.75) is 50.5 Å². The Hall–Kier alpha value is -2.87. The first kappa shape index (κ1) is 23.3. The lowest BCUT2D eigenvalue weighted by Crippen LogP contribution is -2.45. The third kappa shape index (κ3) is 4.90. The number of ether oxygens (including phenoxy) is 1. The van der Waals surface area contributed by atoms with E-state index in [9.17, 15) is 18.0 Å². The van der Waals surface area contributed by atoms with Crippen LogP contribution in [0.4, 0.5) is 5.69 Å². The van der Waals surface area contributed by atoms with E-state index in [4.69, 9.17) is 4.74 Å². The minimum absolute atomic E-state index is 0.0168. The number of nitrogens with one attached hydrogen (secondary N) is 1. The number of hydrogen-bond acceptors (Lipinski definition) is 5. The van der Waals surface area contributed by atoms with Crippen LogP contribution in [-0.2, 0) is 26.0 Å². The molecular formula is C25H30N2O5S. The molecule has 33 heavy (non-hydrogen) atoms. The summed E-state index contributed by atoms with van der Waals surface area (Å²) in [5, 5.41) is 2.97. The highest BCUT2D eigenvalue weighted by Crippen LogP contribution is 2.33. The van der Waals surface area contributed by atoms with Gasteiger partial charge in [-0.15, -0.1) is 0 Å². The van der Waals surface area contributed by atoms with Crippen molar-refractivity contribution in [1.29, 1.82) is 0 Å². The fraction of sp³-hybridized carbons (Fsp3) is 0.440. The second kappa shape index (κ2) is 9.55. The van der Waals surface area contributed by atoms with E-state index in [1.54, 1.807) is 12.1 Å². The fourth-order valence-corrected chi connectivity index (χ4v) is 6.27. The van der Waals surface area contributed by atoms with E-state index in [0.29, 0.717) is 30.5 Å². The van der Waals surface area contributed by atoms with Crippen LogP contribution in [0.1, 0.15) is 49.0 Å². The van der Waals surface area contributed by atoms with Gasteiger partial charge < -0.3 is 10.1 Å². The topological polar surface area (TPSA) is 92.8 Å². The molecule has 1 saturated carbocycles. The van der Waals surface area contributed by atoms with Gasteiger partial charge in [-0.25, -0.2) is 13.2 Å². The molecule has 0 unspecified atom stereocenters. The molecule has 176 valence electrons. The molecule has 2 aliphatic rings. The van der Waals surface area contributed by atoms with E-state index in [0.717, 1.165) is 24.8 Å². The molecule has 1 aliphatic heterocycles. The molecule has 0 spiro atoms. The molecule has 0 saturated heterocycles. The number of amides is 1. The van der Waals surface area contributed by atoms with E-state index in [1.807, 2.05) is 12.1 Å². The SMILES string of the molecule is C[C@@H]1[C@H](C)CCC[C@@H]1NC(=O)COC(=O)c1cccc(S(=O)(=O)N2CCc3ccccc32)c1. The molecule has 7 nitrogen and oxygen atoms in total. The van der Waals surface area contributed by atoms with Crippen LogP contribution >= 0.6 is 0 Å². The van der Waals surface area contributed by atoms with Crippen LogP contribution < -0.4 is 9.62 Å². The second-order valence-corrected chi connectivity index (χ2v) is 10.9. The van der Waals surface area contributed by atoms with Crippen LogP contribution in [0, 0.1) is 11.8 Å². The Kier molecular flexibility index (Phi) is 6.74. The van der Waals surface area contributed by atoms with Crippen molar-refractivity contribution < 1.29 is 22.7 Å². The van der Waals surface area contributed by atoms with Gasteiger partial charge in [0, 0.05) is 12.6 Å². The predicted molar refractivity (Wildman–Crippen MR) is 126 cm³/mol. The van der Waals surface area contributed by atoms with Gasteiger partial charge in [0.25, 0.3) is 15.9 Å². The number of nitrogens with zero attached hydrogens (tertiary/aromatic N) is 1. The molecule has 1 heterocycles. The number of sulfonamides is 1. The first-order valence-electron chi connectivity index (χ1n) is 11.4. The van der Waals surface area contributed by atoms with Crippen molar-refractivity contribution in [2.75, 3.05) is 17.5 Å². The Morgan fingerprint density at radius 2 is 1.88 bits per heavy atom. The number of benzene rings is 2. The smallest absolute Gasteiger partial charge is 0.338 e. The molecule has 0 bridgehead atoms. The molecule has 1 aliphatic carbocycles.